The highest BCUT2D eigenvalue weighted by molar-refractivity contribution is 7.92. The number of furan rings is 1. The monoisotopic (exact) mass is 427 g/mol. The second-order valence-electron chi connectivity index (χ2n) is 6.08. The summed E-state index contributed by atoms with van der Waals surface area (Å²) >= 11 is 1.47. The molecule has 0 aliphatic carbocycles. The summed E-state index contributed by atoms with van der Waals surface area (Å²) in [6.45, 7) is -0.0221. The number of hydrogen-bond donors (Lipinski definition) is 0. The number of aromatic nitrogens is 2. The van der Waals surface area contributed by atoms with Crippen molar-refractivity contribution >= 4 is 27.4 Å². The average Bonchev–Trinajstić information content (AvgIpc) is 3.49. The average molecular weight is 428 g/mol. The zero-order valence-corrected chi connectivity index (χ0v) is 16.8. The van der Waals surface area contributed by atoms with Crippen molar-refractivity contribution in [3.05, 3.63) is 88.9 Å². The molecule has 0 bridgehead atoms. The van der Waals surface area contributed by atoms with Crippen LogP contribution in [0, 0.1) is 0 Å². The highest BCUT2D eigenvalue weighted by atomic mass is 32.2. The van der Waals surface area contributed by atoms with Gasteiger partial charge in [0.1, 0.15) is 5.76 Å². The van der Waals surface area contributed by atoms with Crippen LogP contribution < -0.4 is 0 Å². The molecule has 0 atom stereocenters. The molecule has 0 spiro atoms. The topological polar surface area (TPSA) is 89.4 Å². The van der Waals surface area contributed by atoms with E-state index in [-0.39, 0.29) is 19.0 Å². The van der Waals surface area contributed by atoms with Gasteiger partial charge in [-0.15, -0.1) is 21.5 Å². The molecule has 0 saturated carbocycles. The van der Waals surface area contributed by atoms with Gasteiger partial charge in [0.05, 0.1) is 24.2 Å². The van der Waals surface area contributed by atoms with E-state index in [1.807, 2.05) is 47.8 Å². The van der Waals surface area contributed by atoms with Gasteiger partial charge in [0.25, 0.3) is 5.89 Å². The van der Waals surface area contributed by atoms with E-state index < -0.39 is 10.0 Å². The van der Waals surface area contributed by atoms with Crippen molar-refractivity contribution in [2.24, 2.45) is 0 Å². The standard InChI is InChI=1S/C20H17N3O4S2/c24-29(25,13-10-16-6-2-1-3-7-16)23(14-17-8-4-11-26-17)15-19-21-22-20(27-19)18-9-5-12-28-18/h1-13H,14-15H2. The molecule has 7 nitrogen and oxygen atoms in total. The van der Waals surface area contributed by atoms with Crippen LogP contribution in [0.4, 0.5) is 0 Å². The van der Waals surface area contributed by atoms with Crippen molar-refractivity contribution in [3.63, 3.8) is 0 Å². The lowest BCUT2D eigenvalue weighted by Gasteiger charge is -2.17. The summed E-state index contributed by atoms with van der Waals surface area (Å²) in [5.74, 6) is 1.08. The molecule has 3 heterocycles. The second-order valence-corrected chi connectivity index (χ2v) is 8.85. The first kappa shape index (κ1) is 19.3. The fraction of sp³-hybridized carbons (Fsp3) is 0.100. The Balaban J connectivity index is 1.58. The molecule has 0 amide bonds. The maximum atomic E-state index is 13.0. The first-order chi connectivity index (χ1) is 14.1. The fourth-order valence-electron chi connectivity index (χ4n) is 2.60. The molecule has 29 heavy (non-hydrogen) atoms. The van der Waals surface area contributed by atoms with Crippen LogP contribution in [0.15, 0.2) is 80.5 Å². The fourth-order valence-corrected chi connectivity index (χ4v) is 4.34. The molecule has 0 aliphatic heterocycles. The van der Waals surface area contributed by atoms with Crippen molar-refractivity contribution in [2.75, 3.05) is 0 Å². The highest BCUT2D eigenvalue weighted by Gasteiger charge is 2.24. The van der Waals surface area contributed by atoms with Crippen LogP contribution in [0.2, 0.25) is 0 Å². The smallest absolute Gasteiger partial charge is 0.257 e. The van der Waals surface area contributed by atoms with Gasteiger partial charge in [0, 0.05) is 5.41 Å². The molecule has 0 saturated heterocycles. The van der Waals surface area contributed by atoms with Crippen molar-refractivity contribution in [1.29, 1.82) is 0 Å². The number of rotatable bonds is 8. The molecule has 0 unspecified atom stereocenters. The van der Waals surface area contributed by atoms with E-state index in [1.165, 1.54) is 27.3 Å². The van der Waals surface area contributed by atoms with E-state index in [0.29, 0.717) is 11.7 Å². The Hall–Kier alpha value is -3.01. The third-order valence-corrected chi connectivity index (χ3v) is 6.33. The predicted octanol–water partition coefficient (Wildman–Crippen LogP) is 4.39. The molecular formula is C20H17N3O4S2. The lowest BCUT2D eigenvalue weighted by molar-refractivity contribution is 0.329. The summed E-state index contributed by atoms with van der Waals surface area (Å²) in [5.41, 5.74) is 0.784. The van der Waals surface area contributed by atoms with Crippen LogP contribution in [0.3, 0.4) is 0 Å². The van der Waals surface area contributed by atoms with Gasteiger partial charge >= 0.3 is 0 Å². The summed E-state index contributed by atoms with van der Waals surface area (Å²) in [6.07, 6.45) is 3.05. The minimum atomic E-state index is -3.77. The lowest BCUT2D eigenvalue weighted by atomic mass is 10.2. The van der Waals surface area contributed by atoms with E-state index in [2.05, 4.69) is 10.2 Å². The van der Waals surface area contributed by atoms with Crippen molar-refractivity contribution in [3.8, 4) is 10.8 Å². The number of hydrogen-bond acceptors (Lipinski definition) is 7. The zero-order valence-electron chi connectivity index (χ0n) is 15.2. The maximum absolute atomic E-state index is 13.0. The maximum Gasteiger partial charge on any atom is 0.257 e. The number of nitrogens with zero attached hydrogens (tertiary/aromatic N) is 3. The molecule has 148 valence electrons. The second kappa shape index (κ2) is 8.56. The van der Waals surface area contributed by atoms with Gasteiger partial charge in [-0.25, -0.2) is 8.42 Å². The Labute approximate surface area is 172 Å². The Bertz CT molecular complexity index is 1170. The van der Waals surface area contributed by atoms with E-state index in [1.54, 1.807) is 18.2 Å². The minimum Gasteiger partial charge on any atom is -0.468 e. The minimum absolute atomic E-state index is 0.0468. The number of sulfonamides is 1. The Morgan fingerprint density at radius 3 is 2.59 bits per heavy atom. The van der Waals surface area contributed by atoms with Gasteiger partial charge < -0.3 is 8.83 Å². The van der Waals surface area contributed by atoms with Crippen molar-refractivity contribution in [2.45, 2.75) is 13.1 Å². The zero-order chi connectivity index (χ0) is 20.1. The van der Waals surface area contributed by atoms with E-state index >= 15 is 0 Å². The molecule has 0 fully saturated rings. The Kier molecular flexibility index (Phi) is 5.70. The third kappa shape index (κ3) is 4.89. The summed E-state index contributed by atoms with van der Waals surface area (Å²) in [6, 6.07) is 16.4. The molecule has 0 N–H and O–H groups in total. The first-order valence-corrected chi connectivity index (χ1v) is 11.1. The van der Waals surface area contributed by atoms with Crippen molar-refractivity contribution < 1.29 is 17.3 Å². The summed E-state index contributed by atoms with van der Waals surface area (Å²) in [7, 11) is -3.77. The molecule has 0 radical (unpaired) electrons. The third-order valence-electron chi connectivity index (χ3n) is 4.01. The number of benzene rings is 1. The van der Waals surface area contributed by atoms with Gasteiger partial charge in [-0.2, -0.15) is 4.31 Å². The van der Waals surface area contributed by atoms with Gasteiger partial charge in [-0.3, -0.25) is 0 Å². The van der Waals surface area contributed by atoms with Crippen LogP contribution in [-0.2, 0) is 23.1 Å². The molecule has 4 aromatic rings. The summed E-state index contributed by atoms with van der Waals surface area (Å²) in [5, 5.41) is 11.1. The predicted molar refractivity (Wildman–Crippen MR) is 110 cm³/mol. The largest absolute Gasteiger partial charge is 0.468 e. The van der Waals surface area contributed by atoms with Gasteiger partial charge in [-0.1, -0.05) is 36.4 Å². The highest BCUT2D eigenvalue weighted by Crippen LogP contribution is 2.24. The molecular weight excluding hydrogens is 410 g/mol. The van der Waals surface area contributed by atoms with Crippen molar-refractivity contribution in [1.82, 2.24) is 14.5 Å². The Morgan fingerprint density at radius 2 is 1.86 bits per heavy atom. The van der Waals surface area contributed by atoms with Crippen LogP contribution in [0.25, 0.3) is 16.8 Å². The van der Waals surface area contributed by atoms with E-state index in [0.717, 1.165) is 10.4 Å². The van der Waals surface area contributed by atoms with Crippen LogP contribution in [0.1, 0.15) is 17.2 Å². The van der Waals surface area contributed by atoms with Gasteiger partial charge in [0.2, 0.25) is 15.9 Å². The quantitative estimate of drug-likeness (QED) is 0.414. The van der Waals surface area contributed by atoms with E-state index in [4.69, 9.17) is 8.83 Å². The number of thiophene rings is 1. The molecule has 3 aromatic heterocycles. The van der Waals surface area contributed by atoms with Crippen LogP contribution in [0.5, 0.6) is 0 Å². The SMILES string of the molecule is O=S(=O)(C=Cc1ccccc1)N(Cc1ccco1)Cc1nnc(-c2cccs2)o1. The van der Waals surface area contributed by atoms with Crippen LogP contribution >= 0.6 is 11.3 Å². The normalized spacial score (nSPS) is 12.2. The summed E-state index contributed by atoms with van der Waals surface area (Å²) in [4.78, 5) is 0.827. The van der Waals surface area contributed by atoms with Gasteiger partial charge in [0.15, 0.2) is 0 Å². The summed E-state index contributed by atoms with van der Waals surface area (Å²) < 4.78 is 38.2. The van der Waals surface area contributed by atoms with E-state index in [9.17, 15) is 8.42 Å². The molecule has 1 aromatic carbocycles. The van der Waals surface area contributed by atoms with Crippen LogP contribution in [-0.4, -0.2) is 22.9 Å². The van der Waals surface area contributed by atoms with Gasteiger partial charge in [-0.05, 0) is 35.2 Å². The Morgan fingerprint density at radius 1 is 1.00 bits per heavy atom. The molecule has 4 rings (SSSR count). The first-order valence-electron chi connectivity index (χ1n) is 8.72. The molecule has 0 aliphatic rings. The lowest BCUT2D eigenvalue weighted by Crippen LogP contribution is -2.28. The molecule has 9 heteroatoms.